The van der Waals surface area contributed by atoms with E-state index in [1.165, 1.54) is 16.4 Å². The molecule has 2 heterocycles. The predicted octanol–water partition coefficient (Wildman–Crippen LogP) is 2.82. The number of hydrogen-bond donors (Lipinski definition) is 1. The lowest BCUT2D eigenvalue weighted by Crippen LogP contribution is -2.35. The van der Waals surface area contributed by atoms with Crippen LogP contribution in [-0.2, 0) is 10.0 Å². The van der Waals surface area contributed by atoms with E-state index in [4.69, 9.17) is 0 Å². The molecular weight excluding hydrogens is 338 g/mol. The molecule has 0 bridgehead atoms. The van der Waals surface area contributed by atoms with Crippen molar-refractivity contribution in [1.82, 2.24) is 9.29 Å². The second kappa shape index (κ2) is 7.33. The minimum Gasteiger partial charge on any atom is -0.307 e. The third kappa shape index (κ3) is 4.05. The number of carbonyl (C=O) groups excluding carboxylic acids is 1. The van der Waals surface area contributed by atoms with Crippen molar-refractivity contribution in [2.75, 3.05) is 18.4 Å². The topological polar surface area (TPSA) is 79.4 Å². The summed E-state index contributed by atoms with van der Waals surface area (Å²) in [6.45, 7) is 2.98. The Hall–Kier alpha value is -2.25. The second-order valence-corrected chi connectivity index (χ2v) is 8.11. The van der Waals surface area contributed by atoms with Gasteiger partial charge in [0, 0.05) is 24.8 Å². The minimum atomic E-state index is -3.56. The summed E-state index contributed by atoms with van der Waals surface area (Å²) < 4.78 is 27.0. The molecule has 0 spiro atoms. The van der Waals surface area contributed by atoms with Crippen LogP contribution in [0, 0.1) is 6.92 Å². The normalized spacial score (nSPS) is 15.7. The van der Waals surface area contributed by atoms with Crippen LogP contribution in [0.3, 0.4) is 0 Å². The van der Waals surface area contributed by atoms with Crippen molar-refractivity contribution in [1.29, 1.82) is 0 Å². The van der Waals surface area contributed by atoms with Gasteiger partial charge < -0.3 is 5.32 Å². The van der Waals surface area contributed by atoms with Gasteiger partial charge in [0.15, 0.2) is 0 Å². The zero-order valence-electron chi connectivity index (χ0n) is 14.1. The molecule has 0 saturated carbocycles. The fourth-order valence-electron chi connectivity index (χ4n) is 2.78. The van der Waals surface area contributed by atoms with Crippen molar-refractivity contribution in [3.8, 4) is 0 Å². The average Bonchev–Trinajstić information content (AvgIpc) is 2.64. The van der Waals surface area contributed by atoms with Crippen LogP contribution in [0.2, 0.25) is 0 Å². The molecule has 0 unspecified atom stereocenters. The van der Waals surface area contributed by atoms with Gasteiger partial charge in [0.1, 0.15) is 5.82 Å². The molecule has 2 aromatic rings. The smallest absolute Gasteiger partial charge is 0.256 e. The highest BCUT2D eigenvalue weighted by Crippen LogP contribution is 2.21. The molecule has 1 aliphatic rings. The van der Waals surface area contributed by atoms with E-state index in [1.807, 2.05) is 13.0 Å². The summed E-state index contributed by atoms with van der Waals surface area (Å²) in [4.78, 5) is 16.7. The van der Waals surface area contributed by atoms with Crippen LogP contribution in [0.15, 0.2) is 47.5 Å². The first-order valence-corrected chi connectivity index (χ1v) is 9.75. The Morgan fingerprint density at radius 3 is 2.56 bits per heavy atom. The van der Waals surface area contributed by atoms with Gasteiger partial charge in [-0.05, 0) is 49.6 Å². The van der Waals surface area contributed by atoms with E-state index in [9.17, 15) is 13.2 Å². The maximum Gasteiger partial charge on any atom is 0.256 e. The second-order valence-electron chi connectivity index (χ2n) is 6.17. The fourth-order valence-corrected chi connectivity index (χ4v) is 4.35. The summed E-state index contributed by atoms with van der Waals surface area (Å²) in [5, 5.41) is 2.69. The van der Waals surface area contributed by atoms with Crippen molar-refractivity contribution < 1.29 is 13.2 Å². The maximum atomic E-state index is 12.7. The fraction of sp³-hybridized carbons (Fsp3) is 0.333. The molecular formula is C18H21N3O3S. The van der Waals surface area contributed by atoms with E-state index in [2.05, 4.69) is 10.3 Å². The quantitative estimate of drug-likeness (QED) is 0.910. The molecule has 1 aliphatic heterocycles. The van der Waals surface area contributed by atoms with Crippen LogP contribution in [0.25, 0.3) is 0 Å². The molecule has 1 amide bonds. The molecule has 132 valence electrons. The van der Waals surface area contributed by atoms with Gasteiger partial charge in [0.25, 0.3) is 5.91 Å². The lowest BCUT2D eigenvalue weighted by Gasteiger charge is -2.26. The Balaban J connectivity index is 1.80. The average molecular weight is 359 g/mol. The monoisotopic (exact) mass is 359 g/mol. The molecule has 1 saturated heterocycles. The number of hydrogen-bond acceptors (Lipinski definition) is 4. The molecule has 0 radical (unpaired) electrons. The number of anilines is 1. The number of nitrogens with zero attached hydrogens (tertiary/aromatic N) is 2. The number of sulfonamides is 1. The summed E-state index contributed by atoms with van der Waals surface area (Å²) in [5.74, 6) is 0.0481. The molecule has 7 heteroatoms. The van der Waals surface area contributed by atoms with Crippen molar-refractivity contribution in [3.05, 3.63) is 53.7 Å². The Morgan fingerprint density at radius 1 is 1.12 bits per heavy atom. The number of pyridine rings is 1. The van der Waals surface area contributed by atoms with Gasteiger partial charge >= 0.3 is 0 Å². The molecule has 1 aromatic carbocycles. The molecule has 1 fully saturated rings. The van der Waals surface area contributed by atoms with Crippen LogP contribution in [0.5, 0.6) is 0 Å². The van der Waals surface area contributed by atoms with Gasteiger partial charge in [-0.15, -0.1) is 0 Å². The Morgan fingerprint density at radius 2 is 1.88 bits per heavy atom. The first-order valence-electron chi connectivity index (χ1n) is 8.31. The Bertz CT molecular complexity index is 857. The number of piperidine rings is 1. The number of carbonyl (C=O) groups is 1. The highest BCUT2D eigenvalue weighted by molar-refractivity contribution is 7.89. The van der Waals surface area contributed by atoms with Gasteiger partial charge in [-0.25, -0.2) is 13.4 Å². The van der Waals surface area contributed by atoms with E-state index in [-0.39, 0.29) is 10.8 Å². The number of rotatable bonds is 4. The van der Waals surface area contributed by atoms with E-state index < -0.39 is 10.0 Å². The Labute approximate surface area is 147 Å². The van der Waals surface area contributed by atoms with E-state index in [1.54, 1.807) is 24.4 Å². The van der Waals surface area contributed by atoms with Crippen LogP contribution >= 0.6 is 0 Å². The van der Waals surface area contributed by atoms with Crippen LogP contribution in [-0.4, -0.2) is 36.7 Å². The zero-order chi connectivity index (χ0) is 17.9. The molecule has 6 nitrogen and oxygen atoms in total. The van der Waals surface area contributed by atoms with Gasteiger partial charge in [-0.2, -0.15) is 4.31 Å². The SMILES string of the molecule is Cc1ccc(NC(=O)c2cccc(S(=O)(=O)N3CCCCC3)c2)nc1. The first kappa shape index (κ1) is 17.6. The molecule has 25 heavy (non-hydrogen) atoms. The third-order valence-electron chi connectivity index (χ3n) is 4.20. The number of aromatic nitrogens is 1. The minimum absolute atomic E-state index is 0.152. The summed E-state index contributed by atoms with van der Waals surface area (Å²) >= 11 is 0. The predicted molar refractivity (Wildman–Crippen MR) is 96.0 cm³/mol. The zero-order valence-corrected chi connectivity index (χ0v) is 14.9. The number of aryl methyl sites for hydroxylation is 1. The van der Waals surface area contributed by atoms with Gasteiger partial charge in [0.2, 0.25) is 10.0 Å². The van der Waals surface area contributed by atoms with Gasteiger partial charge in [-0.1, -0.05) is 18.6 Å². The van der Waals surface area contributed by atoms with Crippen molar-refractivity contribution in [2.24, 2.45) is 0 Å². The third-order valence-corrected chi connectivity index (χ3v) is 6.10. The van der Waals surface area contributed by atoms with Crippen LogP contribution in [0.1, 0.15) is 35.2 Å². The van der Waals surface area contributed by atoms with Crippen molar-refractivity contribution in [2.45, 2.75) is 31.1 Å². The largest absolute Gasteiger partial charge is 0.307 e. The number of amides is 1. The van der Waals surface area contributed by atoms with Crippen LogP contribution < -0.4 is 5.32 Å². The molecule has 1 aromatic heterocycles. The van der Waals surface area contributed by atoms with E-state index in [0.29, 0.717) is 24.5 Å². The van der Waals surface area contributed by atoms with Gasteiger partial charge in [-0.3, -0.25) is 4.79 Å². The lowest BCUT2D eigenvalue weighted by atomic mass is 10.2. The Kier molecular flexibility index (Phi) is 5.15. The molecule has 0 atom stereocenters. The van der Waals surface area contributed by atoms with E-state index >= 15 is 0 Å². The lowest BCUT2D eigenvalue weighted by molar-refractivity contribution is 0.102. The molecule has 3 rings (SSSR count). The number of benzene rings is 1. The standard InChI is InChI=1S/C18H21N3O3S/c1-14-8-9-17(19-13-14)20-18(22)15-6-5-7-16(12-15)25(23,24)21-10-3-2-4-11-21/h5-9,12-13H,2-4,10-11H2,1H3,(H,19,20,22). The highest BCUT2D eigenvalue weighted by atomic mass is 32.2. The van der Waals surface area contributed by atoms with Crippen molar-refractivity contribution in [3.63, 3.8) is 0 Å². The maximum absolute atomic E-state index is 12.7. The summed E-state index contributed by atoms with van der Waals surface area (Å²) in [7, 11) is -3.56. The van der Waals surface area contributed by atoms with Crippen LogP contribution in [0.4, 0.5) is 5.82 Å². The highest BCUT2D eigenvalue weighted by Gasteiger charge is 2.26. The summed E-state index contributed by atoms with van der Waals surface area (Å²) in [5.41, 5.74) is 1.29. The number of nitrogens with one attached hydrogen (secondary N) is 1. The first-order chi connectivity index (χ1) is 12.0. The summed E-state index contributed by atoms with van der Waals surface area (Å²) in [6, 6.07) is 9.70. The van der Waals surface area contributed by atoms with E-state index in [0.717, 1.165) is 24.8 Å². The molecule has 1 N–H and O–H groups in total. The van der Waals surface area contributed by atoms with Gasteiger partial charge in [0.05, 0.1) is 4.90 Å². The van der Waals surface area contributed by atoms with Crippen molar-refractivity contribution >= 4 is 21.7 Å². The molecule has 0 aliphatic carbocycles. The summed E-state index contributed by atoms with van der Waals surface area (Å²) in [6.07, 6.45) is 4.46.